The second-order valence-electron chi connectivity index (χ2n) is 6.42. The Balaban J connectivity index is 1.48. The van der Waals surface area contributed by atoms with Crippen LogP contribution in [0.1, 0.15) is 17.5 Å². The molecule has 5 nitrogen and oxygen atoms in total. The van der Waals surface area contributed by atoms with Gasteiger partial charge in [-0.05, 0) is 17.5 Å². The van der Waals surface area contributed by atoms with Gasteiger partial charge in [0.05, 0.1) is 6.42 Å². The maximum absolute atomic E-state index is 12.5. The molecule has 26 heavy (non-hydrogen) atoms. The zero-order valence-corrected chi connectivity index (χ0v) is 14.8. The predicted molar refractivity (Wildman–Crippen MR) is 99.5 cm³/mol. The Morgan fingerprint density at radius 2 is 1.35 bits per heavy atom. The molecule has 0 atom stereocenters. The van der Waals surface area contributed by atoms with Gasteiger partial charge in [0.2, 0.25) is 5.91 Å². The van der Waals surface area contributed by atoms with E-state index in [0.29, 0.717) is 32.6 Å². The van der Waals surface area contributed by atoms with Crippen LogP contribution in [-0.2, 0) is 22.6 Å². The third-order valence-corrected chi connectivity index (χ3v) is 4.51. The lowest BCUT2D eigenvalue weighted by Crippen LogP contribution is -2.38. The molecule has 2 aromatic carbocycles. The van der Waals surface area contributed by atoms with Crippen molar-refractivity contribution < 1.29 is 14.3 Å². The molecule has 136 valence electrons. The number of rotatable bonds is 4. The van der Waals surface area contributed by atoms with Crippen molar-refractivity contribution in [2.45, 2.75) is 19.4 Å². The zero-order chi connectivity index (χ0) is 18.2. The van der Waals surface area contributed by atoms with Crippen LogP contribution in [0.2, 0.25) is 0 Å². The van der Waals surface area contributed by atoms with Crippen LogP contribution in [-0.4, -0.2) is 48.0 Å². The highest BCUT2D eigenvalue weighted by molar-refractivity contribution is 5.79. The number of benzene rings is 2. The molecule has 2 amide bonds. The Kier molecular flexibility index (Phi) is 6.25. The van der Waals surface area contributed by atoms with Gasteiger partial charge in [0.25, 0.3) is 0 Å². The fraction of sp³-hybridized carbons (Fsp3) is 0.333. The van der Waals surface area contributed by atoms with E-state index >= 15 is 0 Å². The summed E-state index contributed by atoms with van der Waals surface area (Å²) in [7, 11) is 0. The number of amides is 2. The van der Waals surface area contributed by atoms with E-state index in [1.165, 1.54) is 0 Å². The van der Waals surface area contributed by atoms with Crippen molar-refractivity contribution in [2.24, 2.45) is 0 Å². The highest BCUT2D eigenvalue weighted by Crippen LogP contribution is 2.10. The average Bonchev–Trinajstić information content (AvgIpc) is 2.94. The number of carbonyl (C=O) groups is 2. The van der Waals surface area contributed by atoms with Crippen LogP contribution in [0.4, 0.5) is 4.79 Å². The number of ether oxygens (including phenoxy) is 1. The molecule has 0 spiro atoms. The van der Waals surface area contributed by atoms with E-state index in [2.05, 4.69) is 0 Å². The fourth-order valence-corrected chi connectivity index (χ4v) is 3.04. The Morgan fingerprint density at radius 1 is 0.769 bits per heavy atom. The third-order valence-electron chi connectivity index (χ3n) is 4.51. The van der Waals surface area contributed by atoms with Gasteiger partial charge in [0.1, 0.15) is 6.61 Å². The lowest BCUT2D eigenvalue weighted by molar-refractivity contribution is -0.130. The lowest BCUT2D eigenvalue weighted by atomic mass is 10.1. The maximum atomic E-state index is 12.5. The lowest BCUT2D eigenvalue weighted by Gasteiger charge is -2.22. The molecule has 0 N–H and O–H groups in total. The molecule has 0 radical (unpaired) electrons. The van der Waals surface area contributed by atoms with Crippen molar-refractivity contribution in [1.82, 2.24) is 9.80 Å². The first-order chi connectivity index (χ1) is 12.7. The quantitative estimate of drug-likeness (QED) is 0.850. The van der Waals surface area contributed by atoms with Crippen molar-refractivity contribution in [3.63, 3.8) is 0 Å². The minimum atomic E-state index is -0.314. The summed E-state index contributed by atoms with van der Waals surface area (Å²) in [5.41, 5.74) is 1.98. The summed E-state index contributed by atoms with van der Waals surface area (Å²) < 4.78 is 5.40. The number of nitrogens with zero attached hydrogens (tertiary/aromatic N) is 2. The second kappa shape index (κ2) is 9.04. The smallest absolute Gasteiger partial charge is 0.410 e. The molecule has 1 saturated heterocycles. The van der Waals surface area contributed by atoms with Crippen LogP contribution in [0.3, 0.4) is 0 Å². The van der Waals surface area contributed by atoms with Crippen LogP contribution < -0.4 is 0 Å². The SMILES string of the molecule is O=C(Cc1ccccc1)N1CCCN(C(=O)OCc2ccccc2)CC1. The number of carbonyl (C=O) groups excluding carboxylic acids is 2. The monoisotopic (exact) mass is 352 g/mol. The van der Waals surface area contributed by atoms with Crippen molar-refractivity contribution in [3.05, 3.63) is 71.8 Å². The Morgan fingerprint density at radius 3 is 2.04 bits per heavy atom. The van der Waals surface area contributed by atoms with Gasteiger partial charge in [-0.1, -0.05) is 60.7 Å². The Labute approximate surface area is 154 Å². The van der Waals surface area contributed by atoms with Gasteiger partial charge in [0, 0.05) is 26.2 Å². The summed E-state index contributed by atoms with van der Waals surface area (Å²) >= 11 is 0. The summed E-state index contributed by atoms with van der Waals surface area (Å²) in [6, 6.07) is 19.4. The van der Waals surface area contributed by atoms with Crippen molar-refractivity contribution >= 4 is 12.0 Å². The molecule has 1 aliphatic rings. The topological polar surface area (TPSA) is 49.9 Å². The van der Waals surface area contributed by atoms with Crippen LogP contribution in [0.25, 0.3) is 0 Å². The summed E-state index contributed by atoms with van der Waals surface area (Å²) in [6.45, 7) is 2.62. The maximum Gasteiger partial charge on any atom is 0.410 e. The fourth-order valence-electron chi connectivity index (χ4n) is 3.04. The van der Waals surface area contributed by atoms with Gasteiger partial charge in [-0.25, -0.2) is 4.79 Å². The molecule has 0 bridgehead atoms. The van der Waals surface area contributed by atoms with E-state index in [4.69, 9.17) is 4.74 Å². The largest absolute Gasteiger partial charge is 0.445 e. The molecular formula is C21H24N2O3. The molecule has 0 unspecified atom stereocenters. The molecule has 1 fully saturated rings. The van der Waals surface area contributed by atoms with E-state index in [-0.39, 0.29) is 18.6 Å². The van der Waals surface area contributed by atoms with Gasteiger partial charge < -0.3 is 14.5 Å². The predicted octanol–water partition coefficient (Wildman–Crippen LogP) is 3.10. The van der Waals surface area contributed by atoms with Gasteiger partial charge >= 0.3 is 6.09 Å². The Hall–Kier alpha value is -2.82. The van der Waals surface area contributed by atoms with E-state index in [0.717, 1.165) is 17.5 Å². The van der Waals surface area contributed by atoms with Gasteiger partial charge in [0.15, 0.2) is 0 Å². The first-order valence-corrected chi connectivity index (χ1v) is 9.00. The summed E-state index contributed by atoms with van der Waals surface area (Å²) in [5, 5.41) is 0. The molecule has 1 heterocycles. The highest BCUT2D eigenvalue weighted by atomic mass is 16.6. The standard InChI is InChI=1S/C21H24N2O3/c24-20(16-18-8-3-1-4-9-18)22-12-7-13-23(15-14-22)21(25)26-17-19-10-5-2-6-11-19/h1-6,8-11H,7,12-17H2. The van der Waals surface area contributed by atoms with E-state index in [1.54, 1.807) is 4.90 Å². The van der Waals surface area contributed by atoms with Crippen LogP contribution in [0, 0.1) is 0 Å². The number of hydrogen-bond donors (Lipinski definition) is 0. The molecule has 5 heteroatoms. The highest BCUT2D eigenvalue weighted by Gasteiger charge is 2.22. The molecule has 0 aliphatic carbocycles. The first kappa shape index (κ1) is 18.0. The first-order valence-electron chi connectivity index (χ1n) is 9.00. The van der Waals surface area contributed by atoms with Gasteiger partial charge in [-0.15, -0.1) is 0 Å². The van der Waals surface area contributed by atoms with Crippen molar-refractivity contribution in [3.8, 4) is 0 Å². The minimum absolute atomic E-state index is 0.107. The van der Waals surface area contributed by atoms with Crippen molar-refractivity contribution in [2.75, 3.05) is 26.2 Å². The van der Waals surface area contributed by atoms with E-state index in [9.17, 15) is 9.59 Å². The normalized spacial score (nSPS) is 14.6. The molecular weight excluding hydrogens is 328 g/mol. The molecule has 2 aromatic rings. The summed E-state index contributed by atoms with van der Waals surface area (Å²) in [4.78, 5) is 28.3. The molecule has 1 aliphatic heterocycles. The number of hydrogen-bond acceptors (Lipinski definition) is 3. The van der Waals surface area contributed by atoms with Crippen LogP contribution >= 0.6 is 0 Å². The molecule has 0 saturated carbocycles. The molecule has 0 aromatic heterocycles. The second-order valence-corrected chi connectivity index (χ2v) is 6.42. The van der Waals surface area contributed by atoms with Crippen molar-refractivity contribution in [1.29, 1.82) is 0 Å². The summed E-state index contributed by atoms with van der Waals surface area (Å²) in [6.07, 6.45) is 0.853. The molecule has 3 rings (SSSR count). The van der Waals surface area contributed by atoms with Crippen LogP contribution in [0.15, 0.2) is 60.7 Å². The zero-order valence-electron chi connectivity index (χ0n) is 14.8. The van der Waals surface area contributed by atoms with Crippen LogP contribution in [0.5, 0.6) is 0 Å². The Bertz CT molecular complexity index is 719. The van der Waals surface area contributed by atoms with Gasteiger partial charge in [-0.3, -0.25) is 4.79 Å². The van der Waals surface area contributed by atoms with E-state index < -0.39 is 0 Å². The summed E-state index contributed by atoms with van der Waals surface area (Å²) in [5.74, 6) is 0.107. The third kappa shape index (κ3) is 5.09. The minimum Gasteiger partial charge on any atom is -0.445 e. The van der Waals surface area contributed by atoms with Gasteiger partial charge in [-0.2, -0.15) is 0 Å². The van der Waals surface area contributed by atoms with E-state index in [1.807, 2.05) is 65.6 Å². The average molecular weight is 352 g/mol.